The average molecular weight is 529 g/mol. The molecule has 6 nitrogen and oxygen atoms in total. The fraction of sp³-hybridized carbons (Fsp3) is 0.212. The van der Waals surface area contributed by atoms with E-state index in [2.05, 4.69) is 24.4 Å². The van der Waals surface area contributed by atoms with Crippen LogP contribution in [-0.4, -0.2) is 37.0 Å². The zero-order valence-corrected chi connectivity index (χ0v) is 23.1. The normalized spacial score (nSPS) is 9.56. The molecule has 0 unspecified atom stereocenters. The lowest BCUT2D eigenvalue weighted by Gasteiger charge is -2.14. The monoisotopic (exact) mass is 528 g/mol. The third-order valence-electron chi connectivity index (χ3n) is 5.24. The van der Waals surface area contributed by atoms with E-state index in [0.717, 1.165) is 36.3 Å². The molecule has 4 rings (SSSR count). The van der Waals surface area contributed by atoms with Gasteiger partial charge in [0, 0.05) is 25.2 Å². The van der Waals surface area contributed by atoms with Crippen molar-refractivity contribution in [3.63, 3.8) is 0 Å². The fourth-order valence-electron chi connectivity index (χ4n) is 3.36. The lowest BCUT2D eigenvalue weighted by molar-refractivity contribution is -0.108. The van der Waals surface area contributed by atoms with Gasteiger partial charge in [-0.2, -0.15) is 5.06 Å². The molecule has 0 aliphatic rings. The number of carbonyl (C=O) groups is 2. The van der Waals surface area contributed by atoms with Crippen LogP contribution in [0.2, 0.25) is 0 Å². The standard InChI is InChI=1S/C15H15NO2.C9H12O.C8H11N.CH2O/c17-12-15-8-6-14(7-9-15)11-16(18)10-13-4-2-1-3-5-13;1-3-10-9-6-4-8(2)5-7-9;1-9-7-8-5-3-2-4-6-8;1-2/h1-9,12,18H,10-11H2;4-7H,3H2,1-2H3;2-6,9H,7H2,1H3;1H2. The van der Waals surface area contributed by atoms with Gasteiger partial charge in [0.25, 0.3) is 0 Å². The highest BCUT2D eigenvalue weighted by atomic mass is 16.5. The maximum absolute atomic E-state index is 10.5. The third-order valence-corrected chi connectivity index (χ3v) is 5.24. The molecule has 0 bridgehead atoms. The molecular formula is C33H40N2O4. The second-order valence-corrected chi connectivity index (χ2v) is 8.43. The first kappa shape index (κ1) is 32.9. The molecule has 0 aromatic heterocycles. The molecular weight excluding hydrogens is 488 g/mol. The number of nitrogens with zero attached hydrogens (tertiary/aromatic N) is 1. The smallest absolute Gasteiger partial charge is 0.150 e. The number of ether oxygens (including phenoxy) is 1. The maximum atomic E-state index is 10.5. The number of rotatable bonds is 9. The lowest BCUT2D eigenvalue weighted by Crippen LogP contribution is -2.17. The number of aldehydes is 1. The van der Waals surface area contributed by atoms with Crippen molar-refractivity contribution in [2.75, 3.05) is 13.7 Å². The van der Waals surface area contributed by atoms with Crippen LogP contribution in [0.3, 0.4) is 0 Å². The van der Waals surface area contributed by atoms with Crippen LogP contribution < -0.4 is 10.1 Å². The minimum atomic E-state index is 0.439. The van der Waals surface area contributed by atoms with Crippen molar-refractivity contribution < 1.29 is 19.5 Å². The highest BCUT2D eigenvalue weighted by Crippen LogP contribution is 2.11. The first-order chi connectivity index (χ1) is 19.0. The number of hydrogen-bond acceptors (Lipinski definition) is 6. The Balaban J connectivity index is 0.000000307. The van der Waals surface area contributed by atoms with E-state index in [4.69, 9.17) is 9.53 Å². The summed E-state index contributed by atoms with van der Waals surface area (Å²) in [4.78, 5) is 18.5. The summed E-state index contributed by atoms with van der Waals surface area (Å²) in [7, 11) is 1.95. The minimum Gasteiger partial charge on any atom is -0.494 e. The average Bonchev–Trinajstić information content (AvgIpc) is 2.98. The van der Waals surface area contributed by atoms with Crippen molar-refractivity contribution in [2.24, 2.45) is 0 Å². The predicted octanol–water partition coefficient (Wildman–Crippen LogP) is 6.51. The van der Waals surface area contributed by atoms with E-state index in [1.165, 1.54) is 16.2 Å². The second kappa shape index (κ2) is 20.9. The molecule has 0 atom stereocenters. The van der Waals surface area contributed by atoms with E-state index in [1.54, 1.807) is 12.1 Å². The van der Waals surface area contributed by atoms with Crippen molar-refractivity contribution in [1.29, 1.82) is 0 Å². The third kappa shape index (κ3) is 15.0. The van der Waals surface area contributed by atoms with Gasteiger partial charge < -0.3 is 20.1 Å². The topological polar surface area (TPSA) is 78.9 Å². The molecule has 6 heteroatoms. The Kier molecular flexibility index (Phi) is 17.6. The van der Waals surface area contributed by atoms with Crippen molar-refractivity contribution in [1.82, 2.24) is 10.4 Å². The van der Waals surface area contributed by atoms with E-state index in [-0.39, 0.29) is 0 Å². The van der Waals surface area contributed by atoms with Crippen LogP contribution in [0.1, 0.15) is 39.5 Å². The van der Waals surface area contributed by atoms with E-state index in [0.29, 0.717) is 18.7 Å². The van der Waals surface area contributed by atoms with Gasteiger partial charge >= 0.3 is 0 Å². The van der Waals surface area contributed by atoms with Gasteiger partial charge in [-0.1, -0.05) is 103 Å². The summed E-state index contributed by atoms with van der Waals surface area (Å²) in [6, 6.07) is 35.4. The number of hydrogen-bond donors (Lipinski definition) is 2. The maximum Gasteiger partial charge on any atom is 0.150 e. The van der Waals surface area contributed by atoms with Crippen LogP contribution in [-0.2, 0) is 24.4 Å². The Morgan fingerprint density at radius 2 is 1.26 bits per heavy atom. The largest absolute Gasteiger partial charge is 0.494 e. The van der Waals surface area contributed by atoms with Crippen LogP contribution in [0, 0.1) is 6.92 Å². The van der Waals surface area contributed by atoms with E-state index < -0.39 is 0 Å². The van der Waals surface area contributed by atoms with Crippen LogP contribution in [0.25, 0.3) is 0 Å². The summed E-state index contributed by atoms with van der Waals surface area (Å²) in [5.74, 6) is 0.952. The SMILES string of the molecule is C=O.CCOc1ccc(C)cc1.CNCc1ccccc1.O=Cc1ccc(CN(O)Cc2ccccc2)cc1. The minimum absolute atomic E-state index is 0.439. The molecule has 0 amide bonds. The fourth-order valence-corrected chi connectivity index (χ4v) is 3.36. The summed E-state index contributed by atoms with van der Waals surface area (Å²) in [6.07, 6.45) is 0.810. The molecule has 0 aliphatic carbocycles. The summed E-state index contributed by atoms with van der Waals surface area (Å²) in [5.41, 5.74) is 5.28. The van der Waals surface area contributed by atoms with Crippen LogP contribution >= 0.6 is 0 Å². The van der Waals surface area contributed by atoms with Crippen molar-refractivity contribution in [2.45, 2.75) is 33.5 Å². The molecule has 0 heterocycles. The second-order valence-electron chi connectivity index (χ2n) is 8.43. The summed E-state index contributed by atoms with van der Waals surface area (Å²) in [6.45, 7) is 8.67. The van der Waals surface area contributed by atoms with Crippen LogP contribution in [0.4, 0.5) is 0 Å². The summed E-state index contributed by atoms with van der Waals surface area (Å²) >= 11 is 0. The number of nitrogens with one attached hydrogen (secondary N) is 1. The molecule has 4 aromatic carbocycles. The van der Waals surface area contributed by atoms with E-state index in [1.807, 2.05) is 106 Å². The van der Waals surface area contributed by atoms with Crippen molar-refractivity contribution >= 4 is 13.1 Å². The number of benzene rings is 4. The quantitative estimate of drug-likeness (QED) is 0.191. The lowest BCUT2D eigenvalue weighted by atomic mass is 10.1. The molecule has 0 saturated carbocycles. The first-order valence-corrected chi connectivity index (χ1v) is 12.7. The highest BCUT2D eigenvalue weighted by Gasteiger charge is 2.03. The van der Waals surface area contributed by atoms with Gasteiger partial charge in [-0.3, -0.25) is 4.79 Å². The molecule has 4 aromatic rings. The molecule has 39 heavy (non-hydrogen) atoms. The van der Waals surface area contributed by atoms with Gasteiger partial charge in [0.2, 0.25) is 0 Å². The van der Waals surface area contributed by atoms with Gasteiger partial charge in [0.1, 0.15) is 18.8 Å². The Labute approximate surface area is 232 Å². The number of aryl methyl sites for hydroxylation is 1. The molecule has 2 N–H and O–H groups in total. The summed E-state index contributed by atoms with van der Waals surface area (Å²) < 4.78 is 5.26. The highest BCUT2D eigenvalue weighted by molar-refractivity contribution is 5.74. The van der Waals surface area contributed by atoms with Gasteiger partial charge in [0.05, 0.1) is 6.61 Å². The zero-order valence-electron chi connectivity index (χ0n) is 23.1. The Morgan fingerprint density at radius 1 is 0.769 bits per heavy atom. The molecule has 0 aliphatic heterocycles. The predicted molar refractivity (Wildman–Crippen MR) is 158 cm³/mol. The Bertz CT molecular complexity index is 1140. The Morgan fingerprint density at radius 3 is 1.72 bits per heavy atom. The van der Waals surface area contributed by atoms with Crippen LogP contribution in [0.15, 0.2) is 109 Å². The number of carbonyl (C=O) groups excluding carboxylic acids is 2. The molecule has 206 valence electrons. The van der Waals surface area contributed by atoms with E-state index in [9.17, 15) is 10.0 Å². The van der Waals surface area contributed by atoms with Gasteiger partial charge in [0.15, 0.2) is 0 Å². The molecule has 0 saturated heterocycles. The van der Waals surface area contributed by atoms with Gasteiger partial charge in [-0.15, -0.1) is 0 Å². The van der Waals surface area contributed by atoms with Crippen molar-refractivity contribution in [3.05, 3.63) is 137 Å². The van der Waals surface area contributed by atoms with Crippen LogP contribution in [0.5, 0.6) is 5.75 Å². The van der Waals surface area contributed by atoms with Crippen molar-refractivity contribution in [3.8, 4) is 5.75 Å². The zero-order chi connectivity index (χ0) is 28.7. The van der Waals surface area contributed by atoms with Gasteiger partial charge in [-0.25, -0.2) is 0 Å². The Hall–Kier alpha value is -4.10. The molecule has 0 fully saturated rings. The van der Waals surface area contributed by atoms with Gasteiger partial charge in [-0.05, 0) is 49.7 Å². The number of hydroxylamine groups is 2. The summed E-state index contributed by atoms with van der Waals surface area (Å²) in [5, 5.41) is 14.2. The van der Waals surface area contributed by atoms with E-state index >= 15 is 0 Å². The first-order valence-electron chi connectivity index (χ1n) is 12.7. The molecule has 0 spiro atoms. The molecule has 0 radical (unpaired) electrons.